The molecule has 1 aliphatic rings. The number of aryl methyl sites for hydroxylation is 2. The quantitative estimate of drug-likeness (QED) is 0.864. The van der Waals surface area contributed by atoms with E-state index in [0.717, 1.165) is 30.1 Å². The molecule has 0 aromatic carbocycles. The van der Waals surface area contributed by atoms with Crippen LogP contribution in [0.25, 0.3) is 0 Å². The number of hydrogen-bond acceptors (Lipinski definition) is 4. The molecule has 0 spiro atoms. The molecule has 0 aliphatic carbocycles. The van der Waals surface area contributed by atoms with Crippen molar-refractivity contribution in [3.63, 3.8) is 0 Å². The van der Waals surface area contributed by atoms with Gasteiger partial charge in [0.15, 0.2) is 0 Å². The van der Waals surface area contributed by atoms with Crippen LogP contribution in [0.4, 0.5) is 0 Å². The first-order valence-corrected chi connectivity index (χ1v) is 8.80. The second kappa shape index (κ2) is 6.45. The lowest BCUT2D eigenvalue weighted by Gasteiger charge is -2.34. The lowest BCUT2D eigenvalue weighted by molar-refractivity contribution is 0.0665. The van der Waals surface area contributed by atoms with Crippen molar-refractivity contribution >= 4 is 17.2 Å². The Morgan fingerprint density at radius 2 is 2.22 bits per heavy atom. The first kappa shape index (κ1) is 16.2. The molecule has 0 saturated carbocycles. The molecule has 0 N–H and O–H groups in total. The van der Waals surface area contributed by atoms with E-state index < -0.39 is 0 Å². The third kappa shape index (κ3) is 3.33. The Balaban J connectivity index is 1.80. The van der Waals surface area contributed by atoms with E-state index in [1.54, 1.807) is 11.3 Å². The summed E-state index contributed by atoms with van der Waals surface area (Å²) in [5, 5.41) is 4.46. The molecule has 0 radical (unpaired) electrons. The minimum atomic E-state index is 0.147. The Bertz CT molecular complexity index is 684. The van der Waals surface area contributed by atoms with Gasteiger partial charge in [0.05, 0.1) is 23.2 Å². The van der Waals surface area contributed by atoms with E-state index >= 15 is 0 Å². The highest BCUT2D eigenvalue weighted by Gasteiger charge is 2.29. The van der Waals surface area contributed by atoms with Crippen LogP contribution < -0.4 is 0 Å². The van der Waals surface area contributed by atoms with Crippen LogP contribution in [0.2, 0.25) is 0 Å². The highest BCUT2D eigenvalue weighted by molar-refractivity contribution is 7.14. The van der Waals surface area contributed by atoms with Crippen LogP contribution in [-0.2, 0) is 6.54 Å². The average molecular weight is 332 g/mol. The van der Waals surface area contributed by atoms with Gasteiger partial charge in [0.2, 0.25) is 0 Å². The number of nitrogens with zero attached hydrogens (tertiary/aromatic N) is 4. The van der Waals surface area contributed by atoms with Crippen LogP contribution in [0, 0.1) is 13.8 Å². The zero-order valence-corrected chi connectivity index (χ0v) is 15.1. The number of aromatic nitrogens is 2. The number of carbonyl (C=O) groups excluding carboxylic acids is 1. The summed E-state index contributed by atoms with van der Waals surface area (Å²) in [7, 11) is 4.15. The van der Waals surface area contributed by atoms with Crippen LogP contribution in [0.3, 0.4) is 0 Å². The second-order valence-electron chi connectivity index (χ2n) is 6.55. The first-order chi connectivity index (χ1) is 11.0. The van der Waals surface area contributed by atoms with E-state index in [0.29, 0.717) is 6.54 Å². The molecule has 1 atom stereocenters. The summed E-state index contributed by atoms with van der Waals surface area (Å²) in [6.07, 6.45) is 2.83. The zero-order valence-electron chi connectivity index (χ0n) is 14.2. The average Bonchev–Trinajstić information content (AvgIpc) is 3.11. The van der Waals surface area contributed by atoms with Crippen molar-refractivity contribution in [1.29, 1.82) is 0 Å². The molecule has 3 heterocycles. The molecule has 0 fully saturated rings. The topological polar surface area (TPSA) is 41.4 Å². The first-order valence-electron chi connectivity index (χ1n) is 7.99. The maximum atomic E-state index is 12.9. The summed E-state index contributed by atoms with van der Waals surface area (Å²) in [6.45, 7) is 6.50. The predicted molar refractivity (Wildman–Crippen MR) is 93.0 cm³/mol. The van der Waals surface area contributed by atoms with Crippen molar-refractivity contribution in [3.05, 3.63) is 39.3 Å². The summed E-state index contributed by atoms with van der Waals surface area (Å²) < 4.78 is 2.10. The van der Waals surface area contributed by atoms with Gasteiger partial charge in [0.1, 0.15) is 0 Å². The van der Waals surface area contributed by atoms with E-state index in [2.05, 4.69) is 42.6 Å². The molecule has 124 valence electrons. The molecule has 1 unspecified atom stereocenters. The molecule has 6 heteroatoms. The summed E-state index contributed by atoms with van der Waals surface area (Å²) in [6, 6.07) is 4.29. The molecule has 2 aromatic rings. The highest BCUT2D eigenvalue weighted by Crippen LogP contribution is 2.27. The van der Waals surface area contributed by atoms with Gasteiger partial charge in [-0.15, -0.1) is 11.3 Å². The van der Waals surface area contributed by atoms with Gasteiger partial charge in [0.25, 0.3) is 5.91 Å². The van der Waals surface area contributed by atoms with Crippen LogP contribution >= 0.6 is 11.3 Å². The summed E-state index contributed by atoms with van der Waals surface area (Å²) in [4.78, 5) is 19.1. The van der Waals surface area contributed by atoms with Gasteiger partial charge < -0.3 is 9.80 Å². The van der Waals surface area contributed by atoms with Crippen molar-refractivity contribution < 1.29 is 4.79 Å². The molecule has 1 amide bonds. The van der Waals surface area contributed by atoms with Crippen molar-refractivity contribution in [2.24, 2.45) is 0 Å². The third-order valence-corrected chi connectivity index (χ3v) is 5.60. The minimum Gasteiger partial charge on any atom is -0.330 e. The molecular weight excluding hydrogens is 308 g/mol. The van der Waals surface area contributed by atoms with Gasteiger partial charge in [-0.2, -0.15) is 5.10 Å². The van der Waals surface area contributed by atoms with Crippen LogP contribution in [0.15, 0.2) is 18.3 Å². The van der Waals surface area contributed by atoms with Crippen LogP contribution in [0.5, 0.6) is 0 Å². The molecule has 0 saturated heterocycles. The molecular formula is C17H24N4OS. The molecule has 5 nitrogen and oxygen atoms in total. The number of thiophene rings is 1. The van der Waals surface area contributed by atoms with E-state index in [9.17, 15) is 4.79 Å². The standard InChI is InChI=1S/C17H24N4OS/c1-12-9-16(23-13(12)2)17(22)20-10-14-5-7-18-21(14)15(11-20)6-8-19(3)4/h5,7,9,15H,6,8,10-11H2,1-4H3. The van der Waals surface area contributed by atoms with Crippen molar-refractivity contribution in [1.82, 2.24) is 19.6 Å². The molecule has 0 bridgehead atoms. The van der Waals surface area contributed by atoms with E-state index in [1.165, 1.54) is 10.4 Å². The predicted octanol–water partition coefficient (Wildman–Crippen LogP) is 2.71. The summed E-state index contributed by atoms with van der Waals surface area (Å²) >= 11 is 1.60. The highest BCUT2D eigenvalue weighted by atomic mass is 32.1. The Kier molecular flexibility index (Phi) is 4.55. The van der Waals surface area contributed by atoms with Gasteiger partial charge in [-0.3, -0.25) is 9.48 Å². The van der Waals surface area contributed by atoms with Gasteiger partial charge in [-0.05, 0) is 58.6 Å². The van der Waals surface area contributed by atoms with E-state index in [4.69, 9.17) is 0 Å². The van der Waals surface area contributed by atoms with Crippen molar-refractivity contribution in [2.75, 3.05) is 27.2 Å². The normalized spacial score (nSPS) is 17.6. The van der Waals surface area contributed by atoms with Crippen molar-refractivity contribution in [3.8, 4) is 0 Å². The maximum absolute atomic E-state index is 12.9. The SMILES string of the molecule is Cc1cc(C(=O)N2Cc3ccnn3C(CCN(C)C)C2)sc1C. The fourth-order valence-electron chi connectivity index (χ4n) is 3.00. The van der Waals surface area contributed by atoms with Gasteiger partial charge in [-0.25, -0.2) is 0 Å². The van der Waals surface area contributed by atoms with Crippen molar-refractivity contribution in [2.45, 2.75) is 32.9 Å². The second-order valence-corrected chi connectivity index (χ2v) is 7.80. The number of fused-ring (bicyclic) bond motifs is 1. The number of carbonyl (C=O) groups is 1. The third-order valence-electron chi connectivity index (χ3n) is 4.46. The Morgan fingerprint density at radius 1 is 1.43 bits per heavy atom. The number of rotatable bonds is 4. The summed E-state index contributed by atoms with van der Waals surface area (Å²) in [5.74, 6) is 0.147. The van der Waals surface area contributed by atoms with E-state index in [1.807, 2.05) is 23.2 Å². The largest absolute Gasteiger partial charge is 0.330 e. The fraction of sp³-hybridized carbons (Fsp3) is 0.529. The maximum Gasteiger partial charge on any atom is 0.264 e. The van der Waals surface area contributed by atoms with E-state index in [-0.39, 0.29) is 11.9 Å². The minimum absolute atomic E-state index is 0.147. The monoisotopic (exact) mass is 332 g/mol. The lowest BCUT2D eigenvalue weighted by Crippen LogP contribution is -2.41. The molecule has 23 heavy (non-hydrogen) atoms. The van der Waals surface area contributed by atoms with Gasteiger partial charge >= 0.3 is 0 Å². The van der Waals surface area contributed by atoms with Crippen LogP contribution in [0.1, 0.15) is 38.3 Å². The smallest absolute Gasteiger partial charge is 0.264 e. The lowest BCUT2D eigenvalue weighted by atomic mass is 10.1. The molecule has 3 rings (SSSR count). The Labute approximate surface area is 141 Å². The number of amides is 1. The fourth-order valence-corrected chi connectivity index (χ4v) is 4.00. The Hall–Kier alpha value is -1.66. The summed E-state index contributed by atoms with van der Waals surface area (Å²) in [5.41, 5.74) is 2.32. The van der Waals surface area contributed by atoms with Gasteiger partial charge in [0, 0.05) is 17.6 Å². The number of hydrogen-bond donors (Lipinski definition) is 0. The zero-order chi connectivity index (χ0) is 16.6. The Morgan fingerprint density at radius 3 is 2.87 bits per heavy atom. The van der Waals surface area contributed by atoms with Gasteiger partial charge in [-0.1, -0.05) is 0 Å². The van der Waals surface area contributed by atoms with Crippen LogP contribution in [-0.4, -0.2) is 52.7 Å². The molecule has 1 aliphatic heterocycles. The molecule has 2 aromatic heterocycles.